The number of hydrogen-bond acceptors (Lipinski definition) is 4. The Morgan fingerprint density at radius 2 is 2.00 bits per heavy atom. The van der Waals surface area contributed by atoms with E-state index in [9.17, 15) is 9.59 Å². The summed E-state index contributed by atoms with van der Waals surface area (Å²) in [5.74, 6) is 0.146. The summed E-state index contributed by atoms with van der Waals surface area (Å²) in [4.78, 5) is 24.6. The van der Waals surface area contributed by atoms with Crippen LogP contribution in [0.25, 0.3) is 0 Å². The average molecular weight is 330 g/mol. The molecule has 0 aromatic heterocycles. The second-order valence-corrected chi connectivity index (χ2v) is 4.96. The molecule has 22 heavy (non-hydrogen) atoms. The summed E-state index contributed by atoms with van der Waals surface area (Å²) in [6.07, 6.45) is 0. The molecule has 0 fully saturated rings. The van der Waals surface area contributed by atoms with Crippen LogP contribution in [0, 0.1) is 0 Å². The number of nitrogens with one attached hydrogen (secondary N) is 2. The van der Waals surface area contributed by atoms with Gasteiger partial charge >= 0.3 is 6.03 Å². The predicted molar refractivity (Wildman–Crippen MR) is 84.5 cm³/mol. The number of benzene rings is 1. The van der Waals surface area contributed by atoms with E-state index >= 15 is 0 Å². The first kappa shape index (κ1) is 18.1. The summed E-state index contributed by atoms with van der Waals surface area (Å²) in [6, 6.07) is 4.48. The summed E-state index contributed by atoms with van der Waals surface area (Å²) in [7, 11) is 4.78. The molecule has 7 nitrogen and oxygen atoms in total. The molecule has 2 N–H and O–H groups in total. The molecule has 3 amide bonds. The molecule has 8 heteroatoms. The van der Waals surface area contributed by atoms with Crippen LogP contribution in [0.3, 0.4) is 0 Å². The van der Waals surface area contributed by atoms with Gasteiger partial charge in [-0.15, -0.1) is 0 Å². The lowest BCUT2D eigenvalue weighted by molar-refractivity contribution is -0.127. The third kappa shape index (κ3) is 5.79. The molecule has 0 heterocycles. The number of likely N-dealkylation sites (N-methyl/N-ethyl adjacent to an activating group) is 1. The topological polar surface area (TPSA) is 79.9 Å². The zero-order chi connectivity index (χ0) is 16.5. The predicted octanol–water partition coefficient (Wildman–Crippen LogP) is 1.57. The van der Waals surface area contributed by atoms with Gasteiger partial charge in [0.05, 0.1) is 23.9 Å². The van der Waals surface area contributed by atoms with Crippen molar-refractivity contribution < 1.29 is 19.1 Å². The minimum atomic E-state index is -0.519. The Bertz CT molecular complexity index is 523. The fraction of sp³-hybridized carbons (Fsp3) is 0.429. The number of anilines is 1. The monoisotopic (exact) mass is 329 g/mol. The van der Waals surface area contributed by atoms with E-state index < -0.39 is 6.03 Å². The number of methoxy groups -OCH3 is 1. The molecule has 0 aliphatic carbocycles. The highest BCUT2D eigenvalue weighted by molar-refractivity contribution is 6.32. The van der Waals surface area contributed by atoms with E-state index in [4.69, 9.17) is 21.1 Å². The van der Waals surface area contributed by atoms with Crippen LogP contribution in [0.5, 0.6) is 5.75 Å². The number of para-hydroxylation sites is 1. The van der Waals surface area contributed by atoms with E-state index in [0.717, 1.165) is 0 Å². The van der Waals surface area contributed by atoms with Gasteiger partial charge in [-0.3, -0.25) is 4.79 Å². The Kier molecular flexibility index (Phi) is 7.48. The summed E-state index contributed by atoms with van der Waals surface area (Å²) in [5.41, 5.74) is 0.415. The van der Waals surface area contributed by atoms with Crippen molar-refractivity contribution in [1.29, 1.82) is 0 Å². The number of amides is 3. The summed E-state index contributed by atoms with van der Waals surface area (Å²) in [5, 5.41) is 5.44. The van der Waals surface area contributed by atoms with Gasteiger partial charge in [0.1, 0.15) is 6.61 Å². The molecule has 0 radical (unpaired) electrons. The average Bonchev–Trinajstić information content (AvgIpc) is 2.47. The maximum atomic E-state index is 11.8. The molecule has 0 bridgehead atoms. The van der Waals surface area contributed by atoms with Crippen LogP contribution in [0.15, 0.2) is 18.2 Å². The highest BCUT2D eigenvalue weighted by atomic mass is 35.5. The quantitative estimate of drug-likeness (QED) is 0.744. The van der Waals surface area contributed by atoms with Crippen molar-refractivity contribution >= 4 is 29.2 Å². The van der Waals surface area contributed by atoms with E-state index in [1.54, 1.807) is 39.4 Å². The minimum absolute atomic E-state index is 0.0980. The highest BCUT2D eigenvalue weighted by Gasteiger charge is 2.12. The number of carbonyl (C=O) groups excluding carboxylic acids is 2. The Hall–Kier alpha value is -1.99. The van der Waals surface area contributed by atoms with Crippen molar-refractivity contribution in [1.82, 2.24) is 10.2 Å². The lowest BCUT2D eigenvalue weighted by Gasteiger charge is -2.15. The third-order valence-electron chi connectivity index (χ3n) is 2.65. The zero-order valence-electron chi connectivity index (χ0n) is 12.8. The molecule has 0 saturated carbocycles. The first-order valence-electron chi connectivity index (χ1n) is 6.61. The Morgan fingerprint density at radius 1 is 1.27 bits per heavy atom. The van der Waals surface area contributed by atoms with Crippen LogP contribution in [0.4, 0.5) is 10.5 Å². The summed E-state index contributed by atoms with van der Waals surface area (Å²) >= 11 is 6.06. The maximum Gasteiger partial charge on any atom is 0.319 e. The Labute approximate surface area is 134 Å². The first-order valence-corrected chi connectivity index (χ1v) is 6.98. The van der Waals surface area contributed by atoms with Gasteiger partial charge in [-0.05, 0) is 12.1 Å². The zero-order valence-corrected chi connectivity index (χ0v) is 13.6. The molecule has 1 aromatic carbocycles. The molecule has 122 valence electrons. The normalized spacial score (nSPS) is 10.0. The summed E-state index contributed by atoms with van der Waals surface area (Å²) < 4.78 is 10.4. The molecule has 0 unspecified atom stereocenters. The van der Waals surface area contributed by atoms with Gasteiger partial charge in [0.15, 0.2) is 5.75 Å². The molecule has 0 atom stereocenters. The third-order valence-corrected chi connectivity index (χ3v) is 2.95. The number of urea groups is 1. The van der Waals surface area contributed by atoms with Crippen molar-refractivity contribution in [2.75, 3.05) is 46.3 Å². The van der Waals surface area contributed by atoms with Gasteiger partial charge in [0.2, 0.25) is 5.91 Å². The lowest BCUT2D eigenvalue weighted by Crippen LogP contribution is -2.38. The van der Waals surface area contributed by atoms with Crippen molar-refractivity contribution in [2.24, 2.45) is 0 Å². The van der Waals surface area contributed by atoms with Crippen molar-refractivity contribution in [3.63, 3.8) is 0 Å². The van der Waals surface area contributed by atoms with Gasteiger partial charge < -0.3 is 25.0 Å². The van der Waals surface area contributed by atoms with Gasteiger partial charge in [-0.2, -0.15) is 0 Å². The number of rotatable bonds is 7. The second kappa shape index (κ2) is 9.11. The fourth-order valence-electron chi connectivity index (χ4n) is 1.46. The molecule has 0 aliphatic rings. The van der Waals surface area contributed by atoms with E-state index in [1.807, 2.05) is 0 Å². The molecule has 0 spiro atoms. The van der Waals surface area contributed by atoms with Crippen LogP contribution in [-0.2, 0) is 9.53 Å². The van der Waals surface area contributed by atoms with Crippen LogP contribution in [-0.4, -0.2) is 57.8 Å². The molecule has 1 aromatic rings. The van der Waals surface area contributed by atoms with E-state index in [1.165, 1.54) is 4.90 Å². The fourth-order valence-corrected chi connectivity index (χ4v) is 1.69. The van der Waals surface area contributed by atoms with Gasteiger partial charge in [-0.25, -0.2) is 4.79 Å². The van der Waals surface area contributed by atoms with Crippen LogP contribution in [0.2, 0.25) is 5.02 Å². The molecule has 0 aliphatic heterocycles. The Balaban J connectivity index is 2.65. The lowest BCUT2D eigenvalue weighted by atomic mass is 10.3. The van der Waals surface area contributed by atoms with E-state index in [-0.39, 0.29) is 12.5 Å². The van der Waals surface area contributed by atoms with Gasteiger partial charge in [0, 0.05) is 21.2 Å². The van der Waals surface area contributed by atoms with E-state index in [2.05, 4.69) is 10.6 Å². The van der Waals surface area contributed by atoms with Crippen LogP contribution >= 0.6 is 11.6 Å². The minimum Gasteiger partial charge on any atom is -0.487 e. The first-order chi connectivity index (χ1) is 10.5. The number of carbonyl (C=O) groups is 2. The molecular formula is C14H20ClN3O4. The second-order valence-electron chi connectivity index (χ2n) is 4.55. The van der Waals surface area contributed by atoms with Crippen molar-refractivity contribution in [2.45, 2.75) is 0 Å². The largest absolute Gasteiger partial charge is 0.487 e. The molecular weight excluding hydrogens is 310 g/mol. The standard InChI is InChI=1S/C14H20ClN3O4/c1-18(2)12(19)9-16-14(20)17-11-6-4-5-10(15)13(11)22-8-7-21-3/h4-6H,7-9H2,1-3H3,(H2,16,17,20). The van der Waals surface area contributed by atoms with Gasteiger partial charge in [0.25, 0.3) is 0 Å². The Morgan fingerprint density at radius 3 is 2.64 bits per heavy atom. The summed E-state index contributed by atoms with van der Waals surface area (Å²) in [6.45, 7) is 0.600. The molecule has 1 rings (SSSR count). The SMILES string of the molecule is COCCOc1c(Cl)cccc1NC(=O)NCC(=O)N(C)C. The molecule has 0 saturated heterocycles. The number of ether oxygens (including phenoxy) is 2. The van der Waals surface area contributed by atoms with Crippen LogP contribution < -0.4 is 15.4 Å². The highest BCUT2D eigenvalue weighted by Crippen LogP contribution is 2.32. The number of halogens is 1. The number of hydrogen-bond donors (Lipinski definition) is 2. The smallest absolute Gasteiger partial charge is 0.319 e. The number of nitrogens with zero attached hydrogens (tertiary/aromatic N) is 1. The van der Waals surface area contributed by atoms with Crippen molar-refractivity contribution in [3.8, 4) is 5.75 Å². The van der Waals surface area contributed by atoms with Gasteiger partial charge in [-0.1, -0.05) is 17.7 Å². The van der Waals surface area contributed by atoms with E-state index in [0.29, 0.717) is 29.7 Å². The van der Waals surface area contributed by atoms with Crippen LogP contribution in [0.1, 0.15) is 0 Å². The van der Waals surface area contributed by atoms with Crippen molar-refractivity contribution in [3.05, 3.63) is 23.2 Å². The maximum absolute atomic E-state index is 11.8.